The zero-order chi connectivity index (χ0) is 9.84. The monoisotopic (exact) mass is 181 g/mol. The molecule has 0 saturated carbocycles. The lowest BCUT2D eigenvalue weighted by Crippen LogP contribution is -2.29. The highest BCUT2D eigenvalue weighted by Gasteiger charge is 2.11. The van der Waals surface area contributed by atoms with Crippen molar-refractivity contribution < 1.29 is 0 Å². The van der Waals surface area contributed by atoms with E-state index in [1.807, 2.05) is 25.0 Å². The average Bonchev–Trinajstić information content (AvgIpc) is 2.49. The van der Waals surface area contributed by atoms with E-state index >= 15 is 0 Å². The zero-order valence-corrected chi connectivity index (χ0v) is 8.91. The van der Waals surface area contributed by atoms with Gasteiger partial charge in [-0.1, -0.05) is 6.92 Å². The highest BCUT2D eigenvalue weighted by Crippen LogP contribution is 2.10. The lowest BCUT2D eigenvalue weighted by molar-refractivity contribution is 0.424. The summed E-state index contributed by atoms with van der Waals surface area (Å²) < 4.78 is 1.85. The van der Waals surface area contributed by atoms with E-state index in [-0.39, 0.29) is 0 Å². The predicted octanol–water partition coefficient (Wildman–Crippen LogP) is 1.21. The van der Waals surface area contributed by atoms with Gasteiger partial charge >= 0.3 is 0 Å². The molecule has 74 valence electrons. The van der Waals surface area contributed by atoms with Crippen LogP contribution in [0.2, 0.25) is 0 Å². The summed E-state index contributed by atoms with van der Waals surface area (Å²) in [5, 5.41) is 7.42. The summed E-state index contributed by atoms with van der Waals surface area (Å²) in [6.07, 6.45) is 5.12. The Labute approximate surface area is 80.1 Å². The van der Waals surface area contributed by atoms with Crippen LogP contribution in [0.1, 0.15) is 19.4 Å². The van der Waals surface area contributed by atoms with Crippen molar-refractivity contribution in [3.05, 3.63) is 18.0 Å². The summed E-state index contributed by atoms with van der Waals surface area (Å²) in [5.74, 6) is 0.647. The fourth-order valence-corrected chi connectivity index (χ4v) is 1.41. The van der Waals surface area contributed by atoms with Crippen LogP contribution < -0.4 is 5.32 Å². The van der Waals surface area contributed by atoms with Gasteiger partial charge in [0.25, 0.3) is 0 Å². The van der Waals surface area contributed by atoms with Crippen molar-refractivity contribution in [3.8, 4) is 0 Å². The first-order chi connectivity index (χ1) is 6.13. The molecule has 0 fully saturated rings. The first-order valence-corrected chi connectivity index (χ1v) is 4.78. The number of aryl methyl sites for hydroxylation is 1. The maximum atomic E-state index is 4.15. The van der Waals surface area contributed by atoms with Gasteiger partial charge in [0.05, 0.1) is 6.20 Å². The predicted molar refractivity (Wildman–Crippen MR) is 54.6 cm³/mol. The van der Waals surface area contributed by atoms with Gasteiger partial charge in [0, 0.05) is 19.3 Å². The van der Waals surface area contributed by atoms with Crippen molar-refractivity contribution in [3.63, 3.8) is 0 Å². The molecular formula is C10H19N3. The largest absolute Gasteiger partial charge is 0.317 e. The van der Waals surface area contributed by atoms with E-state index in [1.54, 1.807) is 0 Å². The first kappa shape index (κ1) is 10.3. The van der Waals surface area contributed by atoms with Crippen LogP contribution >= 0.6 is 0 Å². The molecule has 0 amide bonds. The summed E-state index contributed by atoms with van der Waals surface area (Å²) in [5.41, 5.74) is 1.32. The van der Waals surface area contributed by atoms with Gasteiger partial charge in [0.2, 0.25) is 0 Å². The van der Waals surface area contributed by atoms with E-state index in [4.69, 9.17) is 0 Å². The van der Waals surface area contributed by atoms with Crippen molar-refractivity contribution in [2.75, 3.05) is 7.05 Å². The molecule has 0 aliphatic heterocycles. The Hall–Kier alpha value is -0.830. The molecule has 0 aromatic carbocycles. The molecule has 1 N–H and O–H groups in total. The van der Waals surface area contributed by atoms with Gasteiger partial charge in [-0.25, -0.2) is 0 Å². The van der Waals surface area contributed by atoms with Crippen LogP contribution in [0.25, 0.3) is 0 Å². The number of nitrogens with zero attached hydrogens (tertiary/aromatic N) is 2. The Morgan fingerprint density at radius 3 is 2.69 bits per heavy atom. The number of aromatic nitrogens is 2. The van der Waals surface area contributed by atoms with E-state index in [0.29, 0.717) is 12.0 Å². The van der Waals surface area contributed by atoms with Gasteiger partial charge < -0.3 is 5.32 Å². The van der Waals surface area contributed by atoms with Crippen molar-refractivity contribution in [1.82, 2.24) is 15.1 Å². The molecule has 0 bridgehead atoms. The van der Waals surface area contributed by atoms with Crippen molar-refractivity contribution in [2.45, 2.75) is 26.3 Å². The van der Waals surface area contributed by atoms with Crippen LogP contribution in [0.15, 0.2) is 12.4 Å². The molecule has 0 spiro atoms. The second-order valence-corrected chi connectivity index (χ2v) is 3.78. The van der Waals surface area contributed by atoms with E-state index < -0.39 is 0 Å². The zero-order valence-electron chi connectivity index (χ0n) is 8.91. The average molecular weight is 181 g/mol. The van der Waals surface area contributed by atoms with Gasteiger partial charge in [-0.3, -0.25) is 4.68 Å². The lowest BCUT2D eigenvalue weighted by Gasteiger charge is -2.18. The maximum absolute atomic E-state index is 4.15. The van der Waals surface area contributed by atoms with E-state index in [0.717, 1.165) is 6.42 Å². The molecule has 1 heterocycles. The molecule has 0 aliphatic rings. The molecule has 1 rings (SSSR count). The molecule has 3 heteroatoms. The fourth-order valence-electron chi connectivity index (χ4n) is 1.41. The second-order valence-electron chi connectivity index (χ2n) is 3.78. The van der Waals surface area contributed by atoms with Gasteiger partial charge in [-0.2, -0.15) is 5.10 Å². The standard InChI is InChI=1S/C10H19N3/c1-8(9(2)11-3)5-10-6-12-13(4)7-10/h6-9,11H,5H2,1-4H3. The van der Waals surface area contributed by atoms with Gasteiger partial charge in [0.1, 0.15) is 0 Å². The van der Waals surface area contributed by atoms with Crippen molar-refractivity contribution in [2.24, 2.45) is 13.0 Å². The molecule has 0 aliphatic carbocycles. The summed E-state index contributed by atoms with van der Waals surface area (Å²) in [7, 11) is 3.96. The van der Waals surface area contributed by atoms with E-state index in [1.165, 1.54) is 5.56 Å². The molecular weight excluding hydrogens is 162 g/mol. The fraction of sp³-hybridized carbons (Fsp3) is 0.700. The lowest BCUT2D eigenvalue weighted by atomic mass is 9.97. The van der Waals surface area contributed by atoms with Crippen LogP contribution in [-0.4, -0.2) is 22.9 Å². The van der Waals surface area contributed by atoms with E-state index in [2.05, 4.69) is 30.5 Å². The van der Waals surface area contributed by atoms with Crippen LogP contribution in [0.3, 0.4) is 0 Å². The van der Waals surface area contributed by atoms with Crippen LogP contribution in [0, 0.1) is 5.92 Å². The van der Waals surface area contributed by atoms with Crippen LogP contribution in [0.5, 0.6) is 0 Å². The Morgan fingerprint density at radius 2 is 2.23 bits per heavy atom. The summed E-state index contributed by atoms with van der Waals surface area (Å²) in [6, 6.07) is 0.556. The Morgan fingerprint density at radius 1 is 1.54 bits per heavy atom. The third-order valence-electron chi connectivity index (χ3n) is 2.62. The smallest absolute Gasteiger partial charge is 0.0521 e. The normalized spacial score (nSPS) is 15.7. The molecule has 2 atom stereocenters. The van der Waals surface area contributed by atoms with Gasteiger partial charge in [-0.05, 0) is 31.9 Å². The van der Waals surface area contributed by atoms with Gasteiger partial charge in [-0.15, -0.1) is 0 Å². The Bertz CT molecular complexity index is 254. The molecule has 2 unspecified atom stereocenters. The first-order valence-electron chi connectivity index (χ1n) is 4.78. The second kappa shape index (κ2) is 4.42. The number of rotatable bonds is 4. The topological polar surface area (TPSA) is 29.9 Å². The third-order valence-corrected chi connectivity index (χ3v) is 2.62. The number of hydrogen-bond acceptors (Lipinski definition) is 2. The van der Waals surface area contributed by atoms with E-state index in [9.17, 15) is 0 Å². The molecule has 3 nitrogen and oxygen atoms in total. The minimum atomic E-state index is 0.556. The molecule has 1 aromatic heterocycles. The Kier molecular flexibility index (Phi) is 3.48. The van der Waals surface area contributed by atoms with Crippen LogP contribution in [-0.2, 0) is 13.5 Å². The quantitative estimate of drug-likeness (QED) is 0.756. The summed E-state index contributed by atoms with van der Waals surface area (Å²) in [4.78, 5) is 0. The molecule has 1 aromatic rings. The minimum Gasteiger partial charge on any atom is -0.317 e. The number of hydrogen-bond donors (Lipinski definition) is 1. The van der Waals surface area contributed by atoms with Crippen molar-refractivity contribution >= 4 is 0 Å². The van der Waals surface area contributed by atoms with Gasteiger partial charge in [0.15, 0.2) is 0 Å². The third kappa shape index (κ3) is 2.84. The highest BCUT2D eigenvalue weighted by molar-refractivity contribution is 5.05. The molecule has 13 heavy (non-hydrogen) atoms. The maximum Gasteiger partial charge on any atom is 0.0521 e. The summed E-state index contributed by atoms with van der Waals surface area (Å²) in [6.45, 7) is 4.47. The molecule has 0 saturated heterocycles. The SMILES string of the molecule is CNC(C)C(C)Cc1cnn(C)c1. The Balaban J connectivity index is 2.49. The minimum absolute atomic E-state index is 0.556. The number of nitrogens with one attached hydrogen (secondary N) is 1. The van der Waals surface area contributed by atoms with Crippen molar-refractivity contribution in [1.29, 1.82) is 0 Å². The summed E-state index contributed by atoms with van der Waals surface area (Å²) >= 11 is 0. The highest BCUT2D eigenvalue weighted by atomic mass is 15.2. The van der Waals surface area contributed by atoms with Crippen LogP contribution in [0.4, 0.5) is 0 Å². The molecule has 0 radical (unpaired) electrons.